The standard InChI is InChI=1S/C17H19Cl3FN3O2/c1-9(5-12-14(19)6-11(18)7-15(12)20)24(26-4)17(25)16-13(10(2)21)8-23(3)22-16/h6-10H,5H2,1-4H3/t9-,10?/m0/s1. The van der Waals surface area contributed by atoms with Crippen LogP contribution in [0.1, 0.15) is 41.6 Å². The van der Waals surface area contributed by atoms with E-state index in [1.165, 1.54) is 24.9 Å². The minimum absolute atomic E-state index is 0.00417. The van der Waals surface area contributed by atoms with Gasteiger partial charge in [-0.15, -0.1) is 0 Å². The Morgan fingerprint density at radius 2 is 1.88 bits per heavy atom. The Morgan fingerprint density at radius 1 is 1.31 bits per heavy atom. The quantitative estimate of drug-likeness (QED) is 0.612. The molecule has 1 amide bonds. The van der Waals surface area contributed by atoms with Crippen LogP contribution in [-0.4, -0.2) is 33.9 Å². The number of aryl methyl sites for hydroxylation is 1. The number of hydrogen-bond donors (Lipinski definition) is 0. The third-order valence-corrected chi connectivity index (χ3v) is 4.78. The maximum atomic E-state index is 13.8. The molecule has 142 valence electrons. The van der Waals surface area contributed by atoms with E-state index in [0.29, 0.717) is 27.1 Å². The molecule has 0 aliphatic rings. The van der Waals surface area contributed by atoms with E-state index in [-0.39, 0.29) is 11.3 Å². The fourth-order valence-electron chi connectivity index (χ4n) is 2.68. The van der Waals surface area contributed by atoms with Gasteiger partial charge in [0.2, 0.25) is 0 Å². The molecular weight excluding hydrogens is 404 g/mol. The molecule has 1 unspecified atom stereocenters. The second-order valence-electron chi connectivity index (χ2n) is 5.94. The highest BCUT2D eigenvalue weighted by Crippen LogP contribution is 2.31. The summed E-state index contributed by atoms with van der Waals surface area (Å²) in [6.45, 7) is 3.12. The molecule has 5 nitrogen and oxygen atoms in total. The summed E-state index contributed by atoms with van der Waals surface area (Å²) in [6, 6.07) is 2.73. The first kappa shape index (κ1) is 21.0. The summed E-state index contributed by atoms with van der Waals surface area (Å²) in [4.78, 5) is 18.1. The summed E-state index contributed by atoms with van der Waals surface area (Å²) in [7, 11) is 2.98. The summed E-state index contributed by atoms with van der Waals surface area (Å²) >= 11 is 18.4. The Kier molecular flexibility index (Phi) is 6.91. The lowest BCUT2D eigenvalue weighted by atomic mass is 10.1. The van der Waals surface area contributed by atoms with Crippen LogP contribution in [-0.2, 0) is 18.3 Å². The number of halogens is 4. The third-order valence-electron chi connectivity index (χ3n) is 3.89. The average molecular weight is 423 g/mol. The fraction of sp³-hybridized carbons (Fsp3) is 0.412. The molecule has 0 saturated heterocycles. The minimum atomic E-state index is -1.34. The van der Waals surface area contributed by atoms with Crippen LogP contribution in [0.15, 0.2) is 18.3 Å². The van der Waals surface area contributed by atoms with Crippen LogP contribution >= 0.6 is 34.8 Å². The number of benzene rings is 1. The Labute approximate surface area is 166 Å². The van der Waals surface area contributed by atoms with Crippen molar-refractivity contribution in [1.29, 1.82) is 0 Å². The highest BCUT2D eigenvalue weighted by molar-refractivity contribution is 6.39. The predicted octanol–water partition coefficient (Wildman–Crippen LogP) is 5.05. The molecule has 26 heavy (non-hydrogen) atoms. The first-order valence-electron chi connectivity index (χ1n) is 7.84. The van der Waals surface area contributed by atoms with Crippen molar-refractivity contribution in [3.63, 3.8) is 0 Å². The molecule has 9 heteroatoms. The van der Waals surface area contributed by atoms with Gasteiger partial charge >= 0.3 is 0 Å². The van der Waals surface area contributed by atoms with Gasteiger partial charge in [-0.25, -0.2) is 9.45 Å². The first-order valence-corrected chi connectivity index (χ1v) is 8.97. The summed E-state index contributed by atoms with van der Waals surface area (Å²) in [6.07, 6.45) is 0.460. The monoisotopic (exact) mass is 421 g/mol. The van der Waals surface area contributed by atoms with Crippen LogP contribution < -0.4 is 0 Å². The van der Waals surface area contributed by atoms with Gasteiger partial charge in [0.15, 0.2) is 5.69 Å². The molecule has 0 aliphatic heterocycles. The lowest BCUT2D eigenvalue weighted by Crippen LogP contribution is -2.39. The Morgan fingerprint density at radius 3 is 2.38 bits per heavy atom. The van der Waals surface area contributed by atoms with Crippen LogP contribution in [0.2, 0.25) is 15.1 Å². The zero-order valence-electron chi connectivity index (χ0n) is 14.8. The van der Waals surface area contributed by atoms with Crippen molar-refractivity contribution in [2.24, 2.45) is 7.05 Å². The first-order chi connectivity index (χ1) is 12.1. The second kappa shape index (κ2) is 8.57. The van der Waals surface area contributed by atoms with Crippen LogP contribution in [0.25, 0.3) is 0 Å². The van der Waals surface area contributed by atoms with E-state index in [0.717, 1.165) is 5.06 Å². The number of amides is 1. The van der Waals surface area contributed by atoms with Crippen molar-refractivity contribution in [2.75, 3.05) is 7.11 Å². The van der Waals surface area contributed by atoms with Gasteiger partial charge in [-0.05, 0) is 38.0 Å². The van der Waals surface area contributed by atoms with Crippen molar-refractivity contribution in [1.82, 2.24) is 14.8 Å². The molecule has 0 radical (unpaired) electrons. The normalized spacial score (nSPS) is 13.5. The van der Waals surface area contributed by atoms with Crippen molar-refractivity contribution >= 4 is 40.7 Å². The van der Waals surface area contributed by atoms with E-state index in [4.69, 9.17) is 39.6 Å². The minimum Gasteiger partial charge on any atom is -0.275 e. The molecule has 0 saturated carbocycles. The van der Waals surface area contributed by atoms with E-state index < -0.39 is 18.1 Å². The average Bonchev–Trinajstić information content (AvgIpc) is 2.93. The van der Waals surface area contributed by atoms with Gasteiger partial charge in [0.25, 0.3) is 5.91 Å². The Balaban J connectivity index is 2.29. The van der Waals surface area contributed by atoms with Crippen LogP contribution in [0.5, 0.6) is 0 Å². The molecule has 0 fully saturated rings. The molecule has 0 aliphatic carbocycles. The van der Waals surface area contributed by atoms with Crippen molar-refractivity contribution in [3.8, 4) is 0 Å². The van der Waals surface area contributed by atoms with Crippen LogP contribution in [0, 0.1) is 0 Å². The number of aromatic nitrogens is 2. The molecule has 1 aromatic heterocycles. The Hall–Kier alpha value is -1.34. The molecule has 1 heterocycles. The highest BCUT2D eigenvalue weighted by atomic mass is 35.5. The van der Waals surface area contributed by atoms with Gasteiger partial charge in [-0.1, -0.05) is 34.8 Å². The van der Waals surface area contributed by atoms with Crippen molar-refractivity contribution < 1.29 is 14.0 Å². The molecular formula is C17H19Cl3FN3O2. The molecule has 2 rings (SSSR count). The zero-order valence-corrected chi connectivity index (χ0v) is 17.0. The summed E-state index contributed by atoms with van der Waals surface area (Å²) in [5.74, 6) is -0.540. The molecule has 2 atom stereocenters. The number of hydrogen-bond acceptors (Lipinski definition) is 3. The van der Waals surface area contributed by atoms with Gasteiger partial charge in [0.05, 0.1) is 13.2 Å². The van der Waals surface area contributed by atoms with E-state index in [2.05, 4.69) is 5.10 Å². The second-order valence-corrected chi connectivity index (χ2v) is 7.19. The summed E-state index contributed by atoms with van der Waals surface area (Å²) < 4.78 is 15.2. The smallest absolute Gasteiger partial charge is 0.275 e. The maximum Gasteiger partial charge on any atom is 0.298 e. The topological polar surface area (TPSA) is 47.4 Å². The third kappa shape index (κ3) is 4.49. The SMILES string of the molecule is CON(C(=O)c1nn(C)cc1C(C)F)[C@@H](C)Cc1c(Cl)cc(Cl)cc1Cl. The van der Waals surface area contributed by atoms with Crippen LogP contribution in [0.3, 0.4) is 0 Å². The molecule has 1 aromatic carbocycles. The molecule has 0 N–H and O–H groups in total. The van der Waals surface area contributed by atoms with Crippen molar-refractivity contribution in [3.05, 3.63) is 50.2 Å². The van der Waals surface area contributed by atoms with E-state index in [1.54, 1.807) is 26.1 Å². The maximum absolute atomic E-state index is 13.8. The lowest BCUT2D eigenvalue weighted by Gasteiger charge is -2.27. The number of carbonyl (C=O) groups excluding carboxylic acids is 1. The molecule has 0 spiro atoms. The number of rotatable bonds is 6. The van der Waals surface area contributed by atoms with E-state index >= 15 is 0 Å². The molecule has 2 aromatic rings. The summed E-state index contributed by atoms with van der Waals surface area (Å²) in [5.41, 5.74) is 0.846. The summed E-state index contributed by atoms with van der Waals surface area (Å²) in [5, 5.41) is 6.42. The number of carbonyl (C=O) groups is 1. The van der Waals surface area contributed by atoms with Gasteiger partial charge in [-0.2, -0.15) is 5.10 Å². The van der Waals surface area contributed by atoms with E-state index in [9.17, 15) is 9.18 Å². The zero-order chi connectivity index (χ0) is 19.6. The van der Waals surface area contributed by atoms with Crippen LogP contribution in [0.4, 0.5) is 4.39 Å². The molecule has 0 bridgehead atoms. The predicted molar refractivity (Wildman–Crippen MR) is 101 cm³/mol. The number of hydroxylamine groups is 2. The highest BCUT2D eigenvalue weighted by Gasteiger charge is 2.29. The largest absolute Gasteiger partial charge is 0.298 e. The lowest BCUT2D eigenvalue weighted by molar-refractivity contribution is -0.119. The number of nitrogens with zero attached hydrogens (tertiary/aromatic N) is 3. The van der Waals surface area contributed by atoms with Crippen molar-refractivity contribution in [2.45, 2.75) is 32.5 Å². The number of alkyl halides is 1. The van der Waals surface area contributed by atoms with Gasteiger partial charge < -0.3 is 0 Å². The Bertz CT molecular complexity index is 788. The van der Waals surface area contributed by atoms with E-state index in [1.807, 2.05) is 0 Å². The van der Waals surface area contributed by atoms with Gasteiger partial charge in [0, 0.05) is 33.9 Å². The van der Waals surface area contributed by atoms with Gasteiger partial charge in [0.1, 0.15) is 6.17 Å². The fourth-order valence-corrected chi connectivity index (χ4v) is 3.65. The van der Waals surface area contributed by atoms with Gasteiger partial charge in [-0.3, -0.25) is 14.3 Å².